The summed E-state index contributed by atoms with van der Waals surface area (Å²) < 4.78 is 2.39. The van der Waals surface area contributed by atoms with Gasteiger partial charge in [0.05, 0.1) is 16.7 Å². The molecule has 4 fully saturated rings. The zero-order valence-electron chi connectivity index (χ0n) is 32.6. The monoisotopic (exact) mass is 744 g/mol. The Kier molecular flexibility index (Phi) is 6.94. The van der Waals surface area contributed by atoms with Crippen molar-refractivity contribution in [2.45, 2.75) is 37.5 Å². The SMILES string of the molecule is c1ccc(-n2c3ccccc3c3cc(N(c4ccc(-c5ccc6c(c5)-c5ccccc5C65C6CC7CC(C6)CC5C7)cc4)c4cccc5ccccc45)ccc32)cc1. The summed E-state index contributed by atoms with van der Waals surface area (Å²) in [5, 5.41) is 4.97. The maximum atomic E-state index is 2.55. The van der Waals surface area contributed by atoms with Gasteiger partial charge in [0.15, 0.2) is 0 Å². The van der Waals surface area contributed by atoms with Gasteiger partial charge in [0.2, 0.25) is 0 Å². The van der Waals surface area contributed by atoms with Crippen LogP contribution in [0.4, 0.5) is 17.1 Å². The molecular formula is C56H44N2. The predicted octanol–water partition coefficient (Wildman–Crippen LogP) is 14.8. The Bertz CT molecular complexity index is 3040. The Morgan fingerprint density at radius 3 is 1.90 bits per heavy atom. The van der Waals surface area contributed by atoms with Gasteiger partial charge in [-0.05, 0) is 155 Å². The lowest BCUT2D eigenvalue weighted by Gasteiger charge is -2.61. The molecule has 0 radical (unpaired) electrons. The first-order chi connectivity index (χ1) is 28.7. The Hall–Kier alpha value is -6.38. The number of nitrogens with zero attached hydrogens (tertiary/aromatic N) is 2. The largest absolute Gasteiger partial charge is 0.310 e. The van der Waals surface area contributed by atoms with E-state index in [2.05, 4.69) is 191 Å². The van der Waals surface area contributed by atoms with Crippen LogP contribution >= 0.6 is 0 Å². The van der Waals surface area contributed by atoms with Crippen LogP contribution in [-0.4, -0.2) is 4.57 Å². The van der Waals surface area contributed by atoms with E-state index in [1.165, 1.54) is 98.3 Å². The number of hydrogen-bond donors (Lipinski definition) is 0. The number of anilines is 3. The number of hydrogen-bond acceptors (Lipinski definition) is 1. The maximum absolute atomic E-state index is 2.55. The van der Waals surface area contributed by atoms with E-state index in [-0.39, 0.29) is 5.41 Å². The summed E-state index contributed by atoms with van der Waals surface area (Å²) in [5.74, 6) is 3.47. The highest BCUT2D eigenvalue weighted by atomic mass is 15.1. The van der Waals surface area contributed by atoms with Gasteiger partial charge in [0.25, 0.3) is 0 Å². The van der Waals surface area contributed by atoms with Gasteiger partial charge in [-0.25, -0.2) is 0 Å². The third-order valence-corrected chi connectivity index (χ3v) is 14.9. The normalized spacial score (nSPS) is 22.6. The van der Waals surface area contributed by atoms with E-state index in [1.807, 2.05) is 0 Å². The molecule has 5 aliphatic rings. The van der Waals surface area contributed by atoms with Gasteiger partial charge < -0.3 is 9.47 Å². The van der Waals surface area contributed by atoms with Crippen LogP contribution in [-0.2, 0) is 5.41 Å². The molecule has 0 unspecified atom stereocenters. The number of rotatable bonds is 5. The fourth-order valence-electron chi connectivity index (χ4n) is 12.9. The molecule has 9 aromatic rings. The molecule has 0 saturated heterocycles. The molecule has 1 spiro atoms. The van der Waals surface area contributed by atoms with Gasteiger partial charge in [0.1, 0.15) is 0 Å². The molecule has 1 aromatic heterocycles. The molecule has 14 rings (SSSR count). The van der Waals surface area contributed by atoms with Gasteiger partial charge >= 0.3 is 0 Å². The fourth-order valence-corrected chi connectivity index (χ4v) is 12.9. The molecule has 0 amide bonds. The van der Waals surface area contributed by atoms with Crippen molar-refractivity contribution in [1.29, 1.82) is 0 Å². The highest BCUT2D eigenvalue weighted by Gasteiger charge is 2.61. The summed E-state index contributed by atoms with van der Waals surface area (Å²) in [6.07, 6.45) is 7.15. The van der Waals surface area contributed by atoms with Gasteiger partial charge in [-0.3, -0.25) is 0 Å². The van der Waals surface area contributed by atoms with E-state index < -0.39 is 0 Å². The third kappa shape index (κ3) is 4.55. The van der Waals surface area contributed by atoms with E-state index in [1.54, 1.807) is 11.1 Å². The van der Waals surface area contributed by atoms with Gasteiger partial charge in [-0.15, -0.1) is 0 Å². The quantitative estimate of drug-likeness (QED) is 0.170. The van der Waals surface area contributed by atoms with Crippen LogP contribution in [0.1, 0.15) is 43.2 Å². The van der Waals surface area contributed by atoms with Crippen LogP contribution < -0.4 is 4.90 Å². The van der Waals surface area contributed by atoms with Crippen molar-refractivity contribution in [3.63, 3.8) is 0 Å². The van der Waals surface area contributed by atoms with E-state index in [0.29, 0.717) is 0 Å². The first-order valence-corrected chi connectivity index (χ1v) is 21.4. The summed E-state index contributed by atoms with van der Waals surface area (Å²) in [5.41, 5.74) is 16.0. The predicted molar refractivity (Wildman–Crippen MR) is 242 cm³/mol. The molecule has 8 aromatic carbocycles. The van der Waals surface area contributed by atoms with E-state index in [0.717, 1.165) is 35.0 Å². The second kappa shape index (κ2) is 12.3. The molecule has 0 N–H and O–H groups in total. The van der Waals surface area contributed by atoms with Crippen molar-refractivity contribution < 1.29 is 0 Å². The van der Waals surface area contributed by atoms with Crippen LogP contribution in [0.5, 0.6) is 0 Å². The first-order valence-electron chi connectivity index (χ1n) is 21.4. The van der Waals surface area contributed by atoms with Crippen molar-refractivity contribution in [3.8, 4) is 27.9 Å². The van der Waals surface area contributed by atoms with Crippen LogP contribution in [0, 0.1) is 23.7 Å². The lowest BCUT2D eigenvalue weighted by atomic mass is 9.43. The standard InChI is InChI=1S/C56H44N2/c1-2-13-43(14-3-1)58-54-19-9-7-17-48(54)50-35-45(26-28-55(50)58)57(53-20-10-12-39-11-4-5-15-46(39)53)44-24-21-38(22-25-44)40-23-27-52-49(34-40)47-16-6-8-18-51(47)56(52)41-30-36-29-37(32-41)33-42(56)31-36/h1-28,34-37,41-42H,29-33H2. The van der Waals surface area contributed by atoms with Crippen LogP contribution in [0.3, 0.4) is 0 Å². The number of para-hydroxylation sites is 2. The molecule has 5 aliphatic carbocycles. The van der Waals surface area contributed by atoms with Crippen LogP contribution in [0.25, 0.3) is 60.5 Å². The highest BCUT2D eigenvalue weighted by molar-refractivity contribution is 6.11. The molecule has 4 bridgehead atoms. The topological polar surface area (TPSA) is 8.17 Å². The molecule has 0 atom stereocenters. The smallest absolute Gasteiger partial charge is 0.0542 e. The first kappa shape index (κ1) is 32.7. The Morgan fingerprint density at radius 1 is 0.431 bits per heavy atom. The second-order valence-electron chi connectivity index (χ2n) is 17.7. The minimum Gasteiger partial charge on any atom is -0.310 e. The zero-order chi connectivity index (χ0) is 38.0. The van der Waals surface area contributed by atoms with Gasteiger partial charge in [-0.2, -0.15) is 0 Å². The summed E-state index contributed by atoms with van der Waals surface area (Å²) >= 11 is 0. The summed E-state index contributed by atoms with van der Waals surface area (Å²) in [7, 11) is 0. The fraction of sp³-hybridized carbons (Fsp3) is 0.179. The molecule has 2 heteroatoms. The maximum Gasteiger partial charge on any atom is 0.0542 e. The molecule has 1 heterocycles. The average Bonchev–Trinajstić information content (AvgIpc) is 3.76. The van der Waals surface area contributed by atoms with E-state index >= 15 is 0 Å². The Balaban J connectivity index is 0.941. The number of benzene rings is 8. The van der Waals surface area contributed by atoms with Crippen LogP contribution in [0.15, 0.2) is 182 Å². The molecule has 0 aliphatic heterocycles. The number of aromatic nitrogens is 1. The Labute approximate surface area is 340 Å². The average molecular weight is 745 g/mol. The second-order valence-corrected chi connectivity index (χ2v) is 17.7. The van der Waals surface area contributed by atoms with E-state index in [4.69, 9.17) is 0 Å². The summed E-state index contributed by atoms with van der Waals surface area (Å²) in [4.78, 5) is 2.45. The van der Waals surface area contributed by atoms with Gasteiger partial charge in [-0.1, -0.05) is 121 Å². The van der Waals surface area contributed by atoms with Crippen molar-refractivity contribution in [2.75, 3.05) is 4.90 Å². The summed E-state index contributed by atoms with van der Waals surface area (Å²) in [6.45, 7) is 0. The van der Waals surface area contributed by atoms with Crippen molar-refractivity contribution >= 4 is 49.6 Å². The van der Waals surface area contributed by atoms with E-state index in [9.17, 15) is 0 Å². The van der Waals surface area contributed by atoms with Crippen molar-refractivity contribution in [1.82, 2.24) is 4.57 Å². The molecule has 58 heavy (non-hydrogen) atoms. The molecular weight excluding hydrogens is 701 g/mol. The molecule has 278 valence electrons. The zero-order valence-corrected chi connectivity index (χ0v) is 32.6. The minimum atomic E-state index is 0.204. The molecule has 2 nitrogen and oxygen atoms in total. The Morgan fingerprint density at radius 2 is 1.07 bits per heavy atom. The van der Waals surface area contributed by atoms with Crippen molar-refractivity contribution in [3.05, 3.63) is 193 Å². The lowest BCUT2D eigenvalue weighted by Crippen LogP contribution is -2.55. The molecule has 4 saturated carbocycles. The highest BCUT2D eigenvalue weighted by Crippen LogP contribution is 2.69. The third-order valence-electron chi connectivity index (χ3n) is 14.9. The van der Waals surface area contributed by atoms with Gasteiger partial charge in [0, 0.05) is 38.6 Å². The minimum absolute atomic E-state index is 0.204. The lowest BCUT2D eigenvalue weighted by molar-refractivity contribution is -0.0399. The number of fused-ring (bicyclic) bond motifs is 7. The summed E-state index contributed by atoms with van der Waals surface area (Å²) in [6, 6.07) is 68.3. The van der Waals surface area contributed by atoms with Crippen molar-refractivity contribution in [2.24, 2.45) is 23.7 Å². The van der Waals surface area contributed by atoms with Crippen LogP contribution in [0.2, 0.25) is 0 Å².